The number of hydrogen-bond donors (Lipinski definition) is 6. The average Bonchev–Trinajstić information content (AvgIpc) is 2.12. The van der Waals surface area contributed by atoms with Crippen LogP contribution in [0.25, 0.3) is 0 Å². The van der Waals surface area contributed by atoms with E-state index in [9.17, 15) is 0 Å². The van der Waals surface area contributed by atoms with Crippen LogP contribution in [0, 0.1) is 0 Å². The van der Waals surface area contributed by atoms with Gasteiger partial charge in [0, 0.05) is 0 Å². The van der Waals surface area contributed by atoms with Crippen LogP contribution in [-0.4, -0.2) is 55.6 Å². The van der Waals surface area contributed by atoms with Gasteiger partial charge in [-0.15, -0.1) is 0 Å². The van der Waals surface area contributed by atoms with E-state index in [0.717, 1.165) is 0 Å². The average molecular weight is 194 g/mol. The highest BCUT2D eigenvalue weighted by Crippen LogP contribution is 2.10. The van der Waals surface area contributed by atoms with Crippen LogP contribution < -0.4 is 0 Å². The summed E-state index contributed by atoms with van der Waals surface area (Å²) < 4.78 is 0. The number of aliphatic hydroxyl groups excluding tert-OH is 6. The lowest BCUT2D eigenvalue weighted by atomic mass is 10.1. The molecule has 0 fully saturated rings. The lowest BCUT2D eigenvalue weighted by Gasteiger charge is -2.19. The van der Waals surface area contributed by atoms with Gasteiger partial charge >= 0.3 is 0 Å². The number of aliphatic hydroxyl groups is 6. The van der Waals surface area contributed by atoms with Crippen LogP contribution >= 0.6 is 0 Å². The Labute approximate surface area is 75.0 Å². The molecule has 0 bridgehead atoms. The first-order valence-corrected chi connectivity index (χ1v) is 3.67. The van der Waals surface area contributed by atoms with Crippen LogP contribution in [0.1, 0.15) is 6.92 Å². The first-order chi connectivity index (χ1) is 5.91. The first kappa shape index (κ1) is 12.2. The normalized spacial score (nSPS) is 20.4. The molecule has 0 spiro atoms. The molecule has 6 N–H and O–H groups in total. The van der Waals surface area contributed by atoms with E-state index in [1.54, 1.807) is 0 Å². The molecule has 0 radical (unpaired) electrons. The zero-order valence-corrected chi connectivity index (χ0v) is 7.12. The van der Waals surface area contributed by atoms with Gasteiger partial charge in [-0.1, -0.05) is 0 Å². The molecule has 78 valence electrons. The third-order valence-electron chi connectivity index (χ3n) is 1.54. The van der Waals surface area contributed by atoms with Gasteiger partial charge in [0.25, 0.3) is 0 Å². The van der Waals surface area contributed by atoms with Gasteiger partial charge in [-0.25, -0.2) is 0 Å². The maximum atomic E-state index is 9.07. The van der Waals surface area contributed by atoms with Gasteiger partial charge in [0.2, 0.25) is 0 Å². The van der Waals surface area contributed by atoms with Crippen LogP contribution in [-0.2, 0) is 0 Å². The largest absolute Gasteiger partial charge is 0.506 e. The van der Waals surface area contributed by atoms with Crippen molar-refractivity contribution in [1.82, 2.24) is 0 Å². The van der Waals surface area contributed by atoms with E-state index in [0.29, 0.717) is 0 Å². The summed E-state index contributed by atoms with van der Waals surface area (Å²) in [5.74, 6) is -1.79. The molecule has 3 atom stereocenters. The van der Waals surface area contributed by atoms with Crippen molar-refractivity contribution in [3.05, 3.63) is 11.5 Å². The summed E-state index contributed by atoms with van der Waals surface area (Å²) in [7, 11) is 0. The Bertz CT molecular complexity index is 187. The van der Waals surface area contributed by atoms with Crippen molar-refractivity contribution in [3.63, 3.8) is 0 Å². The first-order valence-electron chi connectivity index (χ1n) is 3.67. The summed E-state index contributed by atoms with van der Waals surface area (Å²) >= 11 is 0. The van der Waals surface area contributed by atoms with Gasteiger partial charge in [0.05, 0.1) is 6.10 Å². The van der Waals surface area contributed by atoms with Crippen molar-refractivity contribution in [1.29, 1.82) is 0 Å². The lowest BCUT2D eigenvalue weighted by Crippen LogP contribution is -2.37. The standard InChI is InChI=1S/C7H14O6/c1-3(9)5(11)7(13)6(12)4(10)2-8/h3,5,7-13H,2H2,1H3/b6-4+. The molecule has 0 aliphatic heterocycles. The Morgan fingerprint density at radius 2 is 1.62 bits per heavy atom. The molecule has 0 saturated carbocycles. The molecule has 0 heterocycles. The Kier molecular flexibility index (Phi) is 4.71. The van der Waals surface area contributed by atoms with Crippen molar-refractivity contribution < 1.29 is 30.6 Å². The smallest absolute Gasteiger partial charge is 0.164 e. The summed E-state index contributed by atoms with van der Waals surface area (Å²) in [5.41, 5.74) is 0. The Balaban J connectivity index is 4.50. The highest BCUT2D eigenvalue weighted by Gasteiger charge is 2.26. The third kappa shape index (κ3) is 3.19. The predicted octanol–water partition coefficient (Wildman–Crippen LogP) is -1.59. The van der Waals surface area contributed by atoms with Gasteiger partial charge in [-0.2, -0.15) is 0 Å². The fourth-order valence-electron chi connectivity index (χ4n) is 0.677. The van der Waals surface area contributed by atoms with Crippen LogP contribution in [0.5, 0.6) is 0 Å². The predicted molar refractivity (Wildman–Crippen MR) is 43.1 cm³/mol. The molecule has 0 amide bonds. The number of hydrogen-bond acceptors (Lipinski definition) is 6. The maximum absolute atomic E-state index is 9.07. The van der Waals surface area contributed by atoms with Crippen molar-refractivity contribution in [3.8, 4) is 0 Å². The van der Waals surface area contributed by atoms with Gasteiger partial charge in [-0.3, -0.25) is 0 Å². The quantitative estimate of drug-likeness (QED) is 0.300. The molecule has 3 unspecified atom stereocenters. The molecule has 0 saturated heterocycles. The molecule has 0 rings (SSSR count). The molecule has 6 nitrogen and oxygen atoms in total. The minimum absolute atomic E-state index is 0.841. The van der Waals surface area contributed by atoms with Crippen LogP contribution in [0.4, 0.5) is 0 Å². The molecular weight excluding hydrogens is 180 g/mol. The summed E-state index contributed by atoms with van der Waals surface area (Å²) in [6, 6.07) is 0. The molecule has 0 aromatic heterocycles. The monoisotopic (exact) mass is 194 g/mol. The fourth-order valence-corrected chi connectivity index (χ4v) is 0.677. The van der Waals surface area contributed by atoms with Gasteiger partial charge < -0.3 is 30.6 Å². The molecule has 0 aromatic rings. The topological polar surface area (TPSA) is 121 Å². The summed E-state index contributed by atoms with van der Waals surface area (Å²) in [6.45, 7) is 0.354. The summed E-state index contributed by atoms with van der Waals surface area (Å²) in [6.07, 6.45) is -4.69. The van der Waals surface area contributed by atoms with Crippen molar-refractivity contribution in [2.24, 2.45) is 0 Å². The van der Waals surface area contributed by atoms with Crippen molar-refractivity contribution >= 4 is 0 Å². The molecule has 13 heavy (non-hydrogen) atoms. The fraction of sp³-hybridized carbons (Fsp3) is 0.714. The highest BCUT2D eigenvalue weighted by molar-refractivity contribution is 5.06. The Hall–Kier alpha value is -0.820. The maximum Gasteiger partial charge on any atom is 0.164 e. The minimum Gasteiger partial charge on any atom is -0.506 e. The minimum atomic E-state index is -1.81. The van der Waals surface area contributed by atoms with Crippen LogP contribution in [0.2, 0.25) is 0 Å². The zero-order valence-electron chi connectivity index (χ0n) is 7.12. The summed E-state index contributed by atoms with van der Waals surface area (Å²) in [5, 5.41) is 53.0. The zero-order chi connectivity index (χ0) is 10.6. The molecule has 6 heteroatoms. The van der Waals surface area contributed by atoms with Gasteiger partial charge in [-0.05, 0) is 6.92 Å². The van der Waals surface area contributed by atoms with Gasteiger partial charge in [0.1, 0.15) is 18.8 Å². The molecule has 0 aliphatic rings. The Morgan fingerprint density at radius 3 is 1.92 bits per heavy atom. The second kappa shape index (κ2) is 5.03. The van der Waals surface area contributed by atoms with Crippen LogP contribution in [0.3, 0.4) is 0 Å². The van der Waals surface area contributed by atoms with E-state index >= 15 is 0 Å². The van der Waals surface area contributed by atoms with E-state index in [1.165, 1.54) is 6.92 Å². The second-order valence-electron chi connectivity index (χ2n) is 2.67. The van der Waals surface area contributed by atoms with E-state index in [1.807, 2.05) is 0 Å². The highest BCUT2D eigenvalue weighted by atomic mass is 16.4. The van der Waals surface area contributed by atoms with Gasteiger partial charge in [0.15, 0.2) is 11.5 Å². The Morgan fingerprint density at radius 1 is 1.15 bits per heavy atom. The van der Waals surface area contributed by atoms with Crippen LogP contribution in [0.15, 0.2) is 11.5 Å². The number of rotatable bonds is 4. The molecule has 0 aromatic carbocycles. The lowest BCUT2D eigenvalue weighted by molar-refractivity contribution is -0.0528. The van der Waals surface area contributed by atoms with Crippen molar-refractivity contribution in [2.75, 3.05) is 6.61 Å². The van der Waals surface area contributed by atoms with E-state index in [2.05, 4.69) is 0 Å². The summed E-state index contributed by atoms with van der Waals surface area (Å²) in [4.78, 5) is 0. The van der Waals surface area contributed by atoms with E-state index < -0.39 is 36.4 Å². The molecular formula is C7H14O6. The van der Waals surface area contributed by atoms with Crippen molar-refractivity contribution in [2.45, 2.75) is 25.2 Å². The van der Waals surface area contributed by atoms with E-state index in [4.69, 9.17) is 30.6 Å². The second-order valence-corrected chi connectivity index (χ2v) is 2.67. The third-order valence-corrected chi connectivity index (χ3v) is 1.54. The van der Waals surface area contributed by atoms with E-state index in [-0.39, 0.29) is 0 Å². The SMILES string of the molecule is CC(O)C(O)C(O)/C(O)=C(\O)CO. The molecule has 0 aliphatic carbocycles.